The van der Waals surface area contributed by atoms with Crippen molar-refractivity contribution in [1.82, 2.24) is 4.90 Å². The molecule has 0 radical (unpaired) electrons. The highest BCUT2D eigenvalue weighted by Gasteiger charge is 2.13. The molecule has 26 heavy (non-hydrogen) atoms. The number of carbonyl (C=O) groups excluding carboxylic acids is 1. The maximum Gasteiger partial charge on any atom is 0.264 e. The summed E-state index contributed by atoms with van der Waals surface area (Å²) in [7, 11) is 3.26. The third-order valence-corrected chi connectivity index (χ3v) is 5.20. The van der Waals surface area contributed by atoms with E-state index in [1.807, 2.05) is 18.2 Å². The standard InChI is InChI=1S/C20H18I2N2O2/c1-13-4-6-14(7-5-13)12-26-19-17(21)9-15(10-18(19)22)8-16(11-23)20(25)24(2)3/h4-10H,12H2,1-3H3/b16-8-. The van der Waals surface area contributed by atoms with Crippen LogP contribution in [0.15, 0.2) is 42.0 Å². The molecule has 4 nitrogen and oxygen atoms in total. The van der Waals surface area contributed by atoms with Crippen molar-refractivity contribution in [2.45, 2.75) is 13.5 Å². The van der Waals surface area contributed by atoms with E-state index in [9.17, 15) is 10.1 Å². The average molecular weight is 572 g/mol. The molecule has 0 aliphatic heterocycles. The van der Waals surface area contributed by atoms with Gasteiger partial charge >= 0.3 is 0 Å². The molecule has 0 unspecified atom stereocenters. The summed E-state index contributed by atoms with van der Waals surface area (Å²) >= 11 is 4.42. The summed E-state index contributed by atoms with van der Waals surface area (Å²) in [4.78, 5) is 13.4. The molecule has 0 heterocycles. The second kappa shape index (κ2) is 9.37. The summed E-state index contributed by atoms with van der Waals surface area (Å²) in [6.45, 7) is 2.54. The van der Waals surface area contributed by atoms with Gasteiger partial charge in [0.15, 0.2) is 0 Å². The number of benzene rings is 2. The number of nitriles is 1. The van der Waals surface area contributed by atoms with Crippen LogP contribution in [0.5, 0.6) is 5.75 Å². The number of halogens is 2. The van der Waals surface area contributed by atoms with Crippen molar-refractivity contribution < 1.29 is 9.53 Å². The summed E-state index contributed by atoms with van der Waals surface area (Å²) in [5, 5.41) is 9.24. The number of amides is 1. The van der Waals surface area contributed by atoms with Crippen molar-refractivity contribution >= 4 is 57.2 Å². The fourth-order valence-electron chi connectivity index (χ4n) is 2.19. The Morgan fingerprint density at radius 2 is 1.77 bits per heavy atom. The molecule has 134 valence electrons. The van der Waals surface area contributed by atoms with Crippen molar-refractivity contribution in [2.24, 2.45) is 0 Å². The fourth-order valence-corrected chi connectivity index (χ4v) is 4.32. The highest BCUT2D eigenvalue weighted by atomic mass is 127. The van der Waals surface area contributed by atoms with Crippen LogP contribution in [0.3, 0.4) is 0 Å². The Labute approximate surface area is 181 Å². The van der Waals surface area contributed by atoms with Gasteiger partial charge in [0.05, 0.1) is 7.14 Å². The molecule has 6 heteroatoms. The van der Waals surface area contributed by atoms with Crippen LogP contribution in [-0.2, 0) is 11.4 Å². The topological polar surface area (TPSA) is 53.3 Å². The molecule has 0 saturated carbocycles. The van der Waals surface area contributed by atoms with Crippen molar-refractivity contribution in [3.8, 4) is 11.8 Å². The molecule has 2 aromatic rings. The largest absolute Gasteiger partial charge is 0.487 e. The minimum absolute atomic E-state index is 0.106. The summed E-state index contributed by atoms with van der Waals surface area (Å²) in [6, 6.07) is 14.0. The molecule has 0 aliphatic carbocycles. The van der Waals surface area contributed by atoms with Crippen LogP contribution in [0.2, 0.25) is 0 Å². The molecule has 0 aliphatic rings. The second-order valence-electron chi connectivity index (χ2n) is 5.96. The Morgan fingerprint density at radius 1 is 1.19 bits per heavy atom. The molecule has 0 bridgehead atoms. The Morgan fingerprint density at radius 3 is 2.27 bits per heavy atom. The van der Waals surface area contributed by atoms with E-state index in [4.69, 9.17) is 4.74 Å². The van der Waals surface area contributed by atoms with Gasteiger partial charge in [0.1, 0.15) is 24.0 Å². The third kappa shape index (κ3) is 5.45. The number of carbonyl (C=O) groups is 1. The monoisotopic (exact) mass is 572 g/mol. The number of ether oxygens (including phenoxy) is 1. The Bertz CT molecular complexity index is 859. The van der Waals surface area contributed by atoms with Crippen molar-refractivity contribution in [3.63, 3.8) is 0 Å². The van der Waals surface area contributed by atoms with Gasteiger partial charge in [0, 0.05) is 14.1 Å². The first-order valence-corrected chi connectivity index (χ1v) is 9.98. The highest BCUT2D eigenvalue weighted by molar-refractivity contribution is 14.1. The van der Waals surface area contributed by atoms with Gasteiger partial charge in [-0.1, -0.05) is 29.8 Å². The molecule has 0 saturated heterocycles. The van der Waals surface area contributed by atoms with Gasteiger partial charge in [-0.2, -0.15) is 5.26 Å². The van der Waals surface area contributed by atoms with E-state index >= 15 is 0 Å². The van der Waals surface area contributed by atoms with Crippen molar-refractivity contribution in [1.29, 1.82) is 5.26 Å². The number of aryl methyl sites for hydroxylation is 1. The lowest BCUT2D eigenvalue weighted by molar-refractivity contribution is -0.124. The molecular weight excluding hydrogens is 554 g/mol. The predicted octanol–water partition coefficient (Wildman–Crippen LogP) is 4.78. The minimum atomic E-state index is -0.308. The number of hydrogen-bond donors (Lipinski definition) is 0. The summed E-state index contributed by atoms with van der Waals surface area (Å²) < 4.78 is 7.86. The van der Waals surface area contributed by atoms with Crippen LogP contribution in [0.25, 0.3) is 6.08 Å². The van der Waals surface area contributed by atoms with Crippen LogP contribution >= 0.6 is 45.2 Å². The lowest BCUT2D eigenvalue weighted by Crippen LogP contribution is -2.22. The molecule has 2 rings (SSSR count). The van der Waals surface area contributed by atoms with E-state index in [-0.39, 0.29) is 11.5 Å². The summed E-state index contributed by atoms with van der Waals surface area (Å²) in [6.07, 6.45) is 1.61. The molecule has 0 aromatic heterocycles. The maximum atomic E-state index is 12.0. The van der Waals surface area contributed by atoms with Crippen molar-refractivity contribution in [3.05, 3.63) is 65.8 Å². The van der Waals surface area contributed by atoms with E-state index in [0.29, 0.717) is 6.61 Å². The zero-order valence-electron chi connectivity index (χ0n) is 14.7. The van der Waals surface area contributed by atoms with Crippen LogP contribution in [-0.4, -0.2) is 24.9 Å². The maximum absolute atomic E-state index is 12.0. The third-order valence-electron chi connectivity index (χ3n) is 3.59. The van der Waals surface area contributed by atoms with Gasteiger partial charge < -0.3 is 9.64 Å². The zero-order chi connectivity index (χ0) is 19.3. The molecule has 0 spiro atoms. The first kappa shape index (κ1) is 20.7. The number of rotatable bonds is 5. The number of likely N-dealkylation sites (N-methyl/N-ethyl adjacent to an activating group) is 1. The number of hydrogen-bond acceptors (Lipinski definition) is 3. The van der Waals surface area contributed by atoms with Crippen molar-refractivity contribution in [2.75, 3.05) is 14.1 Å². The molecule has 0 fully saturated rings. The van der Waals surface area contributed by atoms with Gasteiger partial charge in [-0.05, 0) is 81.4 Å². The minimum Gasteiger partial charge on any atom is -0.487 e. The van der Waals surface area contributed by atoms with Gasteiger partial charge in [0.2, 0.25) is 0 Å². The normalized spacial score (nSPS) is 11.0. The number of nitrogens with zero attached hydrogens (tertiary/aromatic N) is 2. The second-order valence-corrected chi connectivity index (χ2v) is 8.28. The predicted molar refractivity (Wildman–Crippen MR) is 120 cm³/mol. The Hall–Kier alpha value is -1.60. The van der Waals surface area contributed by atoms with E-state index < -0.39 is 0 Å². The van der Waals surface area contributed by atoms with Crippen LogP contribution in [0.1, 0.15) is 16.7 Å². The summed E-state index contributed by atoms with van der Waals surface area (Å²) in [5.41, 5.74) is 3.23. The SMILES string of the molecule is Cc1ccc(COc2c(I)cc(/C=C(/C#N)C(=O)N(C)C)cc2I)cc1. The van der Waals surface area contributed by atoms with Crippen LogP contribution < -0.4 is 4.74 Å². The first-order valence-electron chi connectivity index (χ1n) is 7.82. The quantitative estimate of drug-likeness (QED) is 0.295. The zero-order valence-corrected chi connectivity index (χ0v) is 19.0. The lowest BCUT2D eigenvalue weighted by Gasteiger charge is -2.12. The van der Waals surface area contributed by atoms with Gasteiger partial charge in [-0.25, -0.2) is 0 Å². The van der Waals surface area contributed by atoms with Gasteiger partial charge in [-0.15, -0.1) is 0 Å². The van der Waals surface area contributed by atoms with E-state index in [1.165, 1.54) is 10.5 Å². The highest BCUT2D eigenvalue weighted by Crippen LogP contribution is 2.30. The van der Waals surface area contributed by atoms with Gasteiger partial charge in [0.25, 0.3) is 5.91 Å². The smallest absolute Gasteiger partial charge is 0.264 e. The molecule has 1 amide bonds. The summed E-state index contributed by atoms with van der Waals surface area (Å²) in [5.74, 6) is 0.499. The van der Waals surface area contributed by atoms with E-state index in [1.54, 1.807) is 20.2 Å². The Balaban J connectivity index is 2.23. The molecule has 2 aromatic carbocycles. The van der Waals surface area contributed by atoms with Gasteiger partial charge in [-0.3, -0.25) is 4.79 Å². The van der Waals surface area contributed by atoms with Crippen LogP contribution in [0.4, 0.5) is 0 Å². The average Bonchev–Trinajstić information content (AvgIpc) is 2.59. The van der Waals surface area contributed by atoms with E-state index in [0.717, 1.165) is 24.0 Å². The Kier molecular flexibility index (Phi) is 7.46. The fraction of sp³-hybridized carbons (Fsp3) is 0.200. The molecule has 0 N–H and O–H groups in total. The molecule has 0 atom stereocenters. The van der Waals surface area contributed by atoms with E-state index in [2.05, 4.69) is 76.4 Å². The molecular formula is C20H18I2N2O2. The van der Waals surface area contributed by atoms with Crippen LogP contribution in [0, 0.1) is 25.4 Å². The first-order chi connectivity index (χ1) is 12.3. The lowest BCUT2D eigenvalue weighted by atomic mass is 10.1.